The molecule has 0 aromatic carbocycles. The molecule has 78 valence electrons. The van der Waals surface area contributed by atoms with Crippen molar-refractivity contribution in [3.63, 3.8) is 0 Å². The van der Waals surface area contributed by atoms with Crippen LogP contribution in [0.15, 0.2) is 18.5 Å². The molecule has 1 aromatic heterocycles. The predicted molar refractivity (Wildman–Crippen MR) is 56.7 cm³/mol. The number of hydrazine groups is 1. The van der Waals surface area contributed by atoms with Gasteiger partial charge < -0.3 is 0 Å². The van der Waals surface area contributed by atoms with Crippen LogP contribution in [-0.2, 0) is 0 Å². The van der Waals surface area contributed by atoms with Crippen molar-refractivity contribution in [2.75, 3.05) is 13.6 Å². The van der Waals surface area contributed by atoms with E-state index in [1.165, 1.54) is 6.42 Å². The van der Waals surface area contributed by atoms with Gasteiger partial charge in [-0.05, 0) is 31.5 Å². The normalized spacial score (nSPS) is 21.5. The van der Waals surface area contributed by atoms with E-state index in [0.29, 0.717) is 11.6 Å². The largest absolute Gasteiger partial charge is 0.263 e. The summed E-state index contributed by atoms with van der Waals surface area (Å²) in [5.74, 6) is 0. The minimum absolute atomic E-state index is 0.357. The van der Waals surface area contributed by atoms with Gasteiger partial charge in [-0.2, -0.15) is 5.26 Å². The molecule has 0 amide bonds. The highest BCUT2D eigenvalue weighted by molar-refractivity contribution is 5.30. The molecule has 4 nitrogen and oxygen atoms in total. The molecule has 1 atom stereocenters. The molecule has 0 aliphatic carbocycles. The highest BCUT2D eigenvalue weighted by Crippen LogP contribution is 2.29. The van der Waals surface area contributed by atoms with Gasteiger partial charge in [-0.1, -0.05) is 0 Å². The van der Waals surface area contributed by atoms with Crippen molar-refractivity contribution in [1.82, 2.24) is 15.4 Å². The van der Waals surface area contributed by atoms with Gasteiger partial charge in [-0.25, -0.2) is 5.01 Å². The Morgan fingerprint density at radius 3 is 3.20 bits per heavy atom. The zero-order valence-corrected chi connectivity index (χ0v) is 8.77. The quantitative estimate of drug-likeness (QED) is 0.783. The Morgan fingerprint density at radius 1 is 1.60 bits per heavy atom. The van der Waals surface area contributed by atoms with Crippen molar-refractivity contribution >= 4 is 0 Å². The number of nitrogens with zero attached hydrogens (tertiary/aromatic N) is 3. The summed E-state index contributed by atoms with van der Waals surface area (Å²) >= 11 is 0. The van der Waals surface area contributed by atoms with Gasteiger partial charge in [0, 0.05) is 18.9 Å². The van der Waals surface area contributed by atoms with Crippen molar-refractivity contribution in [1.29, 1.82) is 5.26 Å². The molecule has 1 saturated heterocycles. The summed E-state index contributed by atoms with van der Waals surface area (Å²) < 4.78 is 0. The third kappa shape index (κ3) is 1.99. The Bertz CT molecular complexity index is 382. The molecule has 1 N–H and O–H groups in total. The maximum Gasteiger partial charge on any atom is 0.101 e. The van der Waals surface area contributed by atoms with Gasteiger partial charge in [-0.15, -0.1) is 0 Å². The van der Waals surface area contributed by atoms with E-state index >= 15 is 0 Å². The van der Waals surface area contributed by atoms with E-state index in [9.17, 15) is 0 Å². The minimum atomic E-state index is 0.357. The molecule has 1 aliphatic heterocycles. The number of pyridine rings is 1. The van der Waals surface area contributed by atoms with Crippen molar-refractivity contribution in [3.8, 4) is 6.07 Å². The van der Waals surface area contributed by atoms with Gasteiger partial charge in [-0.3, -0.25) is 10.4 Å². The van der Waals surface area contributed by atoms with Gasteiger partial charge in [0.1, 0.15) is 6.07 Å². The molecule has 1 fully saturated rings. The van der Waals surface area contributed by atoms with Gasteiger partial charge >= 0.3 is 0 Å². The molecule has 1 aromatic rings. The number of hydrogen-bond donors (Lipinski definition) is 1. The van der Waals surface area contributed by atoms with Crippen LogP contribution in [0.1, 0.15) is 30.0 Å². The van der Waals surface area contributed by atoms with E-state index in [-0.39, 0.29) is 0 Å². The Balaban J connectivity index is 2.25. The monoisotopic (exact) mass is 202 g/mol. The third-order valence-electron chi connectivity index (χ3n) is 2.81. The molecule has 0 bridgehead atoms. The molecular formula is C11H14N4. The maximum atomic E-state index is 8.81. The SMILES string of the molecule is CNN1CCC[C@@H]1c1cncc(C#N)c1. The van der Waals surface area contributed by atoms with Gasteiger partial charge in [0.05, 0.1) is 11.6 Å². The van der Waals surface area contributed by atoms with Crippen molar-refractivity contribution < 1.29 is 0 Å². The topological polar surface area (TPSA) is 52.0 Å². The lowest BCUT2D eigenvalue weighted by Gasteiger charge is -2.23. The van der Waals surface area contributed by atoms with Crippen molar-refractivity contribution in [2.24, 2.45) is 0 Å². The van der Waals surface area contributed by atoms with E-state index in [1.54, 1.807) is 6.20 Å². The van der Waals surface area contributed by atoms with E-state index in [1.807, 2.05) is 19.3 Å². The average Bonchev–Trinajstić information content (AvgIpc) is 2.77. The van der Waals surface area contributed by atoms with Crippen LogP contribution in [-0.4, -0.2) is 23.6 Å². The lowest BCUT2D eigenvalue weighted by molar-refractivity contribution is 0.190. The summed E-state index contributed by atoms with van der Waals surface area (Å²) in [5.41, 5.74) is 4.93. The molecule has 0 saturated carbocycles. The number of rotatable bonds is 2. The standard InChI is InChI=1S/C11H14N4/c1-13-15-4-2-3-11(15)10-5-9(6-12)7-14-8-10/h5,7-8,11,13H,2-4H2,1H3/t11-/m1/s1. The first kappa shape index (κ1) is 10.1. The van der Waals surface area contributed by atoms with Crippen molar-refractivity contribution in [3.05, 3.63) is 29.6 Å². The molecule has 0 spiro atoms. The van der Waals surface area contributed by atoms with Gasteiger partial charge in [0.2, 0.25) is 0 Å². The lowest BCUT2D eigenvalue weighted by atomic mass is 10.1. The maximum absolute atomic E-state index is 8.81. The van der Waals surface area contributed by atoms with E-state index in [2.05, 4.69) is 21.5 Å². The zero-order valence-electron chi connectivity index (χ0n) is 8.77. The second kappa shape index (κ2) is 4.39. The van der Waals surface area contributed by atoms with Gasteiger partial charge in [0.15, 0.2) is 0 Å². The Hall–Kier alpha value is -1.44. The highest BCUT2D eigenvalue weighted by Gasteiger charge is 2.25. The molecule has 2 rings (SSSR count). The van der Waals surface area contributed by atoms with Crippen LogP contribution < -0.4 is 5.43 Å². The van der Waals surface area contributed by atoms with Gasteiger partial charge in [0.25, 0.3) is 0 Å². The third-order valence-corrected chi connectivity index (χ3v) is 2.81. The second-order valence-corrected chi connectivity index (χ2v) is 3.69. The van der Waals surface area contributed by atoms with E-state index < -0.39 is 0 Å². The molecule has 0 unspecified atom stereocenters. The van der Waals surface area contributed by atoms with Crippen LogP contribution in [0.25, 0.3) is 0 Å². The van der Waals surface area contributed by atoms with Crippen LogP contribution in [0.5, 0.6) is 0 Å². The van der Waals surface area contributed by atoms with E-state index in [4.69, 9.17) is 5.26 Å². The lowest BCUT2D eigenvalue weighted by Crippen LogP contribution is -2.34. The Kier molecular flexibility index (Phi) is 2.95. The zero-order chi connectivity index (χ0) is 10.7. The van der Waals surface area contributed by atoms with Crippen molar-refractivity contribution in [2.45, 2.75) is 18.9 Å². The first-order chi connectivity index (χ1) is 7.35. The fraction of sp³-hybridized carbons (Fsp3) is 0.455. The first-order valence-corrected chi connectivity index (χ1v) is 5.14. The number of hydrogen-bond acceptors (Lipinski definition) is 4. The van der Waals surface area contributed by atoms with Crippen LogP contribution in [0.3, 0.4) is 0 Å². The smallest absolute Gasteiger partial charge is 0.101 e. The number of nitriles is 1. The molecular weight excluding hydrogens is 188 g/mol. The summed E-state index contributed by atoms with van der Waals surface area (Å²) in [5, 5.41) is 11.0. The fourth-order valence-corrected chi connectivity index (χ4v) is 2.08. The summed E-state index contributed by atoms with van der Waals surface area (Å²) in [4.78, 5) is 4.09. The predicted octanol–water partition coefficient (Wildman–Crippen LogP) is 1.22. The fourth-order valence-electron chi connectivity index (χ4n) is 2.08. The summed E-state index contributed by atoms with van der Waals surface area (Å²) in [6.45, 7) is 1.05. The molecule has 2 heterocycles. The number of aromatic nitrogens is 1. The molecule has 1 aliphatic rings. The minimum Gasteiger partial charge on any atom is -0.263 e. The van der Waals surface area contributed by atoms with Crippen LogP contribution >= 0.6 is 0 Å². The summed E-state index contributed by atoms with van der Waals surface area (Å²) in [7, 11) is 1.93. The summed E-state index contributed by atoms with van der Waals surface area (Å²) in [6, 6.07) is 4.40. The molecule has 0 radical (unpaired) electrons. The average molecular weight is 202 g/mol. The highest BCUT2D eigenvalue weighted by atomic mass is 15.5. The van der Waals surface area contributed by atoms with Crippen LogP contribution in [0.2, 0.25) is 0 Å². The summed E-state index contributed by atoms with van der Waals surface area (Å²) in [6.07, 6.45) is 5.75. The van der Waals surface area contributed by atoms with Crippen LogP contribution in [0, 0.1) is 11.3 Å². The Morgan fingerprint density at radius 2 is 2.47 bits per heavy atom. The number of nitrogens with one attached hydrogen (secondary N) is 1. The molecule has 4 heteroatoms. The van der Waals surface area contributed by atoms with Crippen LogP contribution in [0.4, 0.5) is 0 Å². The van der Waals surface area contributed by atoms with E-state index in [0.717, 1.165) is 18.5 Å². The Labute approximate surface area is 89.5 Å². The molecule has 15 heavy (non-hydrogen) atoms. The first-order valence-electron chi connectivity index (χ1n) is 5.14. The second-order valence-electron chi connectivity index (χ2n) is 3.69.